The van der Waals surface area contributed by atoms with E-state index in [0.29, 0.717) is 12.1 Å². The fraction of sp³-hybridized carbons (Fsp3) is 1.00. The molecule has 1 aliphatic carbocycles. The third-order valence-electron chi connectivity index (χ3n) is 3.26. The van der Waals surface area contributed by atoms with E-state index in [1.165, 1.54) is 19.3 Å². The normalized spacial score (nSPS) is 32.1. The van der Waals surface area contributed by atoms with E-state index in [1.54, 1.807) is 0 Å². The highest BCUT2D eigenvalue weighted by atomic mass is 16.3. The molecule has 0 radical (unpaired) electrons. The van der Waals surface area contributed by atoms with E-state index >= 15 is 0 Å². The number of nitrogens with two attached hydrogens (primary N) is 1. The lowest BCUT2D eigenvalue weighted by Gasteiger charge is -2.38. The minimum absolute atomic E-state index is 0.222. The Kier molecular flexibility index (Phi) is 4.16. The lowest BCUT2D eigenvalue weighted by molar-refractivity contribution is 0.0884. The number of aliphatic hydroxyl groups excluding tert-OH is 1. The van der Waals surface area contributed by atoms with Crippen molar-refractivity contribution in [1.29, 1.82) is 0 Å². The minimum Gasteiger partial charge on any atom is -0.395 e. The lowest BCUT2D eigenvalue weighted by Crippen LogP contribution is -2.51. The number of hydrogen-bond acceptors (Lipinski definition) is 3. The summed E-state index contributed by atoms with van der Waals surface area (Å²) in [5, 5.41) is 9.04. The van der Waals surface area contributed by atoms with Gasteiger partial charge in [0, 0.05) is 18.1 Å². The van der Waals surface area contributed by atoms with Crippen molar-refractivity contribution in [3.63, 3.8) is 0 Å². The second kappa shape index (κ2) is 4.94. The SMILES string of the molecule is CC(CO)N(C)C1CCCCC1N. The Labute approximate surface area is 80.9 Å². The van der Waals surface area contributed by atoms with Crippen molar-refractivity contribution in [2.45, 2.75) is 50.7 Å². The van der Waals surface area contributed by atoms with Crippen LogP contribution in [0, 0.1) is 0 Å². The summed E-state index contributed by atoms with van der Waals surface area (Å²) in [6.45, 7) is 2.26. The molecule has 0 amide bonds. The number of hydrogen-bond donors (Lipinski definition) is 2. The van der Waals surface area contributed by atoms with E-state index in [4.69, 9.17) is 10.8 Å². The third kappa shape index (κ3) is 2.66. The van der Waals surface area contributed by atoms with Crippen LogP contribution in [0.15, 0.2) is 0 Å². The van der Waals surface area contributed by atoms with Crippen molar-refractivity contribution >= 4 is 0 Å². The number of likely N-dealkylation sites (N-methyl/N-ethyl adjacent to an activating group) is 1. The maximum absolute atomic E-state index is 9.04. The maximum atomic E-state index is 9.04. The zero-order valence-corrected chi connectivity index (χ0v) is 8.74. The summed E-state index contributed by atoms with van der Waals surface area (Å²) in [6.07, 6.45) is 4.86. The topological polar surface area (TPSA) is 49.5 Å². The monoisotopic (exact) mass is 186 g/mol. The number of rotatable bonds is 3. The Hall–Kier alpha value is -0.120. The van der Waals surface area contributed by atoms with Gasteiger partial charge in [0.05, 0.1) is 6.61 Å². The third-order valence-corrected chi connectivity index (χ3v) is 3.26. The number of aliphatic hydroxyl groups is 1. The van der Waals surface area contributed by atoms with Gasteiger partial charge in [0.2, 0.25) is 0 Å². The summed E-state index contributed by atoms with van der Waals surface area (Å²) >= 11 is 0. The molecule has 3 N–H and O–H groups in total. The smallest absolute Gasteiger partial charge is 0.0584 e. The minimum atomic E-state index is 0.222. The standard InChI is InChI=1S/C10H22N2O/c1-8(7-13)12(2)10-6-4-3-5-9(10)11/h8-10,13H,3-7,11H2,1-2H3. The van der Waals surface area contributed by atoms with Crippen molar-refractivity contribution in [2.24, 2.45) is 5.73 Å². The van der Waals surface area contributed by atoms with E-state index in [2.05, 4.69) is 11.9 Å². The zero-order chi connectivity index (χ0) is 9.84. The van der Waals surface area contributed by atoms with Crippen LogP contribution >= 0.6 is 0 Å². The molecule has 0 heterocycles. The Morgan fingerprint density at radius 3 is 2.62 bits per heavy atom. The van der Waals surface area contributed by atoms with Crippen LogP contribution in [0.4, 0.5) is 0 Å². The second-order valence-electron chi connectivity index (χ2n) is 4.21. The van der Waals surface area contributed by atoms with E-state index < -0.39 is 0 Å². The van der Waals surface area contributed by atoms with Crippen LogP contribution < -0.4 is 5.73 Å². The largest absolute Gasteiger partial charge is 0.395 e. The summed E-state index contributed by atoms with van der Waals surface area (Å²) in [4.78, 5) is 2.23. The van der Waals surface area contributed by atoms with Gasteiger partial charge in [0.15, 0.2) is 0 Å². The molecule has 13 heavy (non-hydrogen) atoms. The molecule has 1 rings (SSSR count). The van der Waals surface area contributed by atoms with Gasteiger partial charge in [-0.15, -0.1) is 0 Å². The van der Waals surface area contributed by atoms with Gasteiger partial charge in [-0.1, -0.05) is 12.8 Å². The molecule has 3 unspecified atom stereocenters. The van der Waals surface area contributed by atoms with Crippen LogP contribution in [-0.2, 0) is 0 Å². The summed E-state index contributed by atoms with van der Waals surface area (Å²) in [5.74, 6) is 0. The van der Waals surface area contributed by atoms with E-state index in [-0.39, 0.29) is 12.6 Å². The quantitative estimate of drug-likeness (QED) is 0.677. The first kappa shape index (κ1) is 11.0. The molecule has 0 saturated heterocycles. The first-order valence-corrected chi connectivity index (χ1v) is 5.25. The molecule has 1 fully saturated rings. The van der Waals surface area contributed by atoms with Crippen molar-refractivity contribution in [2.75, 3.05) is 13.7 Å². The first-order chi connectivity index (χ1) is 6.16. The van der Waals surface area contributed by atoms with Gasteiger partial charge in [-0.2, -0.15) is 0 Å². The van der Waals surface area contributed by atoms with Gasteiger partial charge in [0.25, 0.3) is 0 Å². The molecule has 1 aliphatic rings. The molecule has 78 valence electrons. The maximum Gasteiger partial charge on any atom is 0.0584 e. The Bertz CT molecular complexity index is 152. The van der Waals surface area contributed by atoms with Crippen molar-refractivity contribution < 1.29 is 5.11 Å². The molecule has 0 aromatic carbocycles. The molecule has 3 heteroatoms. The Balaban J connectivity index is 2.47. The molecule has 0 spiro atoms. The van der Waals surface area contributed by atoms with Crippen molar-refractivity contribution in [3.05, 3.63) is 0 Å². The molecular weight excluding hydrogens is 164 g/mol. The fourth-order valence-electron chi connectivity index (χ4n) is 2.10. The molecule has 0 aliphatic heterocycles. The molecule has 3 atom stereocenters. The van der Waals surface area contributed by atoms with E-state index in [1.807, 2.05) is 6.92 Å². The first-order valence-electron chi connectivity index (χ1n) is 5.25. The Morgan fingerprint density at radius 2 is 2.08 bits per heavy atom. The average molecular weight is 186 g/mol. The summed E-state index contributed by atoms with van der Waals surface area (Å²) in [5.41, 5.74) is 6.05. The van der Waals surface area contributed by atoms with Gasteiger partial charge in [-0.25, -0.2) is 0 Å². The van der Waals surface area contributed by atoms with Gasteiger partial charge < -0.3 is 10.8 Å². The van der Waals surface area contributed by atoms with Gasteiger partial charge in [0.1, 0.15) is 0 Å². The average Bonchev–Trinajstić information content (AvgIpc) is 2.16. The van der Waals surface area contributed by atoms with Gasteiger partial charge >= 0.3 is 0 Å². The summed E-state index contributed by atoms with van der Waals surface area (Å²) in [6, 6.07) is 0.998. The van der Waals surface area contributed by atoms with Crippen molar-refractivity contribution in [3.8, 4) is 0 Å². The highest BCUT2D eigenvalue weighted by molar-refractivity contribution is 4.86. The highest BCUT2D eigenvalue weighted by Crippen LogP contribution is 2.22. The molecule has 3 nitrogen and oxygen atoms in total. The second-order valence-corrected chi connectivity index (χ2v) is 4.21. The molecule has 0 aromatic rings. The van der Waals surface area contributed by atoms with Gasteiger partial charge in [-0.05, 0) is 26.8 Å². The predicted molar refractivity (Wildman–Crippen MR) is 54.5 cm³/mol. The molecule has 0 aromatic heterocycles. The zero-order valence-electron chi connectivity index (χ0n) is 8.74. The fourth-order valence-corrected chi connectivity index (χ4v) is 2.10. The molecule has 0 bridgehead atoms. The summed E-state index contributed by atoms with van der Waals surface area (Å²) < 4.78 is 0. The highest BCUT2D eigenvalue weighted by Gasteiger charge is 2.27. The van der Waals surface area contributed by atoms with Crippen LogP contribution in [0.25, 0.3) is 0 Å². The van der Waals surface area contributed by atoms with Crippen LogP contribution in [0.2, 0.25) is 0 Å². The van der Waals surface area contributed by atoms with Crippen LogP contribution in [0.1, 0.15) is 32.6 Å². The van der Waals surface area contributed by atoms with Crippen LogP contribution in [0.3, 0.4) is 0 Å². The van der Waals surface area contributed by atoms with Crippen molar-refractivity contribution in [1.82, 2.24) is 4.90 Å². The van der Waals surface area contributed by atoms with Crippen LogP contribution in [-0.4, -0.2) is 41.8 Å². The number of nitrogens with zero attached hydrogens (tertiary/aromatic N) is 1. The Morgan fingerprint density at radius 1 is 1.46 bits per heavy atom. The molecule has 1 saturated carbocycles. The van der Waals surface area contributed by atoms with Gasteiger partial charge in [-0.3, -0.25) is 4.90 Å². The lowest BCUT2D eigenvalue weighted by atomic mass is 9.89. The summed E-state index contributed by atoms with van der Waals surface area (Å²) in [7, 11) is 2.07. The van der Waals surface area contributed by atoms with Crippen LogP contribution in [0.5, 0.6) is 0 Å². The predicted octanol–water partition coefficient (Wildman–Crippen LogP) is 0.569. The van der Waals surface area contributed by atoms with E-state index in [9.17, 15) is 0 Å². The van der Waals surface area contributed by atoms with E-state index in [0.717, 1.165) is 6.42 Å². The molecular formula is C10H22N2O.